The van der Waals surface area contributed by atoms with Gasteiger partial charge in [0.15, 0.2) is 0 Å². The average molecular weight is 320 g/mol. The topological polar surface area (TPSA) is 17.1 Å². The molecule has 1 aromatic carbocycles. The van der Waals surface area contributed by atoms with Crippen molar-refractivity contribution in [2.24, 2.45) is 0 Å². The first-order chi connectivity index (χ1) is 6.03. The molecule has 0 aliphatic heterocycles. The van der Waals surface area contributed by atoms with Crippen LogP contribution in [0.1, 0.15) is 5.56 Å². The van der Waals surface area contributed by atoms with Crippen LogP contribution in [-0.2, 0) is 37.5 Å². The number of hydrogen-bond donors (Lipinski definition) is 0. The summed E-state index contributed by atoms with van der Waals surface area (Å²) < 4.78 is 60.4. The van der Waals surface area contributed by atoms with Gasteiger partial charge >= 0.3 is 10.2 Å². The summed E-state index contributed by atoms with van der Waals surface area (Å²) in [6, 6.07) is 1.62. The van der Waals surface area contributed by atoms with E-state index in [0.717, 1.165) is 0 Å². The van der Waals surface area contributed by atoms with Gasteiger partial charge < -0.3 is 4.79 Å². The molecule has 0 aliphatic carbocycles. The van der Waals surface area contributed by atoms with Crippen molar-refractivity contribution in [3.63, 3.8) is 0 Å². The molecular formula is C7H4F5OSY-. The van der Waals surface area contributed by atoms with E-state index in [1.54, 1.807) is 0 Å². The standard InChI is InChI=1S/C7H4F5OS.Y/c8-14(9,10,11,12)7-3-1-6(5-13)2-4-7;/h1-4H;/q-1;. The molecule has 0 heterocycles. The third-order valence-corrected chi connectivity index (χ3v) is 2.58. The Labute approximate surface area is 108 Å². The first-order valence-corrected chi connectivity index (χ1v) is 5.20. The Bertz CT molecular complexity index is 370. The largest absolute Gasteiger partial charge is 0.376 e. The molecule has 0 fully saturated rings. The van der Waals surface area contributed by atoms with E-state index in [1.807, 2.05) is 0 Å². The molecule has 83 valence electrons. The van der Waals surface area contributed by atoms with Gasteiger partial charge in [0.1, 0.15) is 0 Å². The van der Waals surface area contributed by atoms with Crippen molar-refractivity contribution >= 4 is 16.5 Å². The number of hydrogen-bond acceptors (Lipinski definition) is 1. The molecule has 0 bridgehead atoms. The summed E-state index contributed by atoms with van der Waals surface area (Å²) in [5.41, 5.74) is -0.212. The fraction of sp³-hybridized carbons (Fsp3) is 0. The maximum Gasteiger partial charge on any atom is 0.308 e. The maximum atomic E-state index is 12.1. The molecule has 0 saturated carbocycles. The Morgan fingerprint density at radius 3 is 1.60 bits per heavy atom. The second-order valence-electron chi connectivity index (χ2n) is 2.60. The Balaban J connectivity index is 0.00000196. The number of carbonyl (C=O) groups excluding carboxylic acids is 1. The molecule has 0 aromatic heterocycles. The quantitative estimate of drug-likeness (QED) is 0.598. The summed E-state index contributed by atoms with van der Waals surface area (Å²) >= 11 is 0. The Kier molecular flexibility index (Phi) is 3.50. The van der Waals surface area contributed by atoms with E-state index in [0.29, 0.717) is 12.1 Å². The van der Waals surface area contributed by atoms with Gasteiger partial charge in [0.2, 0.25) is 0 Å². The summed E-state index contributed by atoms with van der Waals surface area (Å²) in [6.07, 6.45) is 1.28. The second-order valence-corrected chi connectivity index (χ2v) is 5.00. The Morgan fingerprint density at radius 1 is 0.933 bits per heavy atom. The van der Waals surface area contributed by atoms with E-state index in [4.69, 9.17) is 0 Å². The summed E-state index contributed by atoms with van der Waals surface area (Å²) in [7, 11) is -9.60. The Morgan fingerprint density at radius 2 is 1.33 bits per heavy atom. The molecule has 15 heavy (non-hydrogen) atoms. The van der Waals surface area contributed by atoms with E-state index in [-0.39, 0.29) is 50.4 Å². The molecule has 0 atom stereocenters. The van der Waals surface area contributed by atoms with Gasteiger partial charge in [0.05, 0.1) is 11.2 Å². The molecule has 0 N–H and O–H groups in total. The van der Waals surface area contributed by atoms with Gasteiger partial charge in [-0.2, -0.15) is 17.7 Å². The van der Waals surface area contributed by atoms with Crippen molar-refractivity contribution in [1.82, 2.24) is 0 Å². The van der Waals surface area contributed by atoms with Crippen LogP contribution >= 0.6 is 10.2 Å². The summed E-state index contributed by atoms with van der Waals surface area (Å²) in [4.78, 5) is 7.93. The van der Waals surface area contributed by atoms with Gasteiger partial charge in [-0.1, -0.05) is 31.6 Å². The minimum atomic E-state index is -9.60. The van der Waals surface area contributed by atoms with Crippen LogP contribution in [0.5, 0.6) is 0 Å². The van der Waals surface area contributed by atoms with Crippen molar-refractivity contribution in [2.45, 2.75) is 4.90 Å². The van der Waals surface area contributed by atoms with Crippen molar-refractivity contribution in [2.75, 3.05) is 0 Å². The predicted octanol–water partition coefficient (Wildman–Crippen LogP) is 3.80. The van der Waals surface area contributed by atoms with E-state index in [9.17, 15) is 24.2 Å². The molecule has 0 unspecified atom stereocenters. The molecule has 1 radical (unpaired) electrons. The number of rotatable bonds is 2. The van der Waals surface area contributed by atoms with Crippen LogP contribution in [0.3, 0.4) is 0 Å². The number of benzene rings is 1. The van der Waals surface area contributed by atoms with Crippen molar-refractivity contribution in [1.29, 1.82) is 0 Å². The molecule has 1 aromatic rings. The van der Waals surface area contributed by atoms with Crippen LogP contribution in [0.2, 0.25) is 0 Å². The van der Waals surface area contributed by atoms with Gasteiger partial charge in [-0.25, -0.2) is 0 Å². The van der Waals surface area contributed by atoms with Crippen molar-refractivity contribution in [3.05, 3.63) is 29.8 Å². The van der Waals surface area contributed by atoms with Crippen LogP contribution in [0.25, 0.3) is 0 Å². The molecule has 8 heteroatoms. The van der Waals surface area contributed by atoms with E-state index < -0.39 is 15.1 Å². The van der Waals surface area contributed by atoms with Gasteiger partial charge in [0.25, 0.3) is 0 Å². The molecule has 0 aliphatic rings. The van der Waals surface area contributed by atoms with Gasteiger partial charge in [-0.15, -0.1) is 0 Å². The monoisotopic (exact) mass is 320 g/mol. The molecular weight excluding hydrogens is 316 g/mol. The smallest absolute Gasteiger partial charge is 0.308 e. The van der Waals surface area contributed by atoms with Crippen LogP contribution < -0.4 is 0 Å². The number of halogens is 5. The van der Waals surface area contributed by atoms with E-state index in [2.05, 4.69) is 0 Å². The molecule has 1 rings (SSSR count). The second kappa shape index (κ2) is 3.50. The first kappa shape index (κ1) is 15.0. The van der Waals surface area contributed by atoms with Crippen molar-refractivity contribution in [3.8, 4) is 0 Å². The molecule has 0 saturated heterocycles. The Hall–Kier alpha value is -0.00610. The molecule has 0 spiro atoms. The zero-order valence-corrected chi connectivity index (χ0v) is 10.7. The SMILES string of the molecule is O=[C-]c1ccc(S(F)(F)(F)(F)F)cc1.[Y]. The zero-order valence-electron chi connectivity index (χ0n) is 7.09. The summed E-state index contributed by atoms with van der Waals surface area (Å²) in [5, 5.41) is 0. The maximum absolute atomic E-state index is 12.1. The normalized spacial score (nSPS) is 15.8. The van der Waals surface area contributed by atoms with E-state index in [1.165, 1.54) is 6.29 Å². The molecule has 0 amide bonds. The summed E-state index contributed by atoms with van der Waals surface area (Å²) in [6.45, 7) is 0. The third-order valence-electron chi connectivity index (χ3n) is 1.42. The van der Waals surface area contributed by atoms with Crippen LogP contribution in [-0.4, -0.2) is 6.29 Å². The zero-order chi connectivity index (χ0) is 11.1. The molecule has 1 nitrogen and oxygen atoms in total. The minimum Gasteiger partial charge on any atom is -0.376 e. The van der Waals surface area contributed by atoms with Crippen molar-refractivity contribution < 1.29 is 56.9 Å². The van der Waals surface area contributed by atoms with Crippen LogP contribution in [0.15, 0.2) is 29.2 Å². The first-order valence-electron chi connectivity index (χ1n) is 3.25. The average Bonchev–Trinajstić information content (AvgIpc) is 2.01. The van der Waals surface area contributed by atoms with Gasteiger partial charge in [-0.3, -0.25) is 0 Å². The van der Waals surface area contributed by atoms with Gasteiger partial charge in [-0.05, 0) is 0 Å². The minimum absolute atomic E-state index is 0. The summed E-state index contributed by atoms with van der Waals surface area (Å²) in [5.74, 6) is 0. The van der Waals surface area contributed by atoms with Crippen LogP contribution in [0.4, 0.5) is 19.4 Å². The third kappa shape index (κ3) is 4.16. The van der Waals surface area contributed by atoms with Crippen LogP contribution in [0, 0.1) is 0 Å². The van der Waals surface area contributed by atoms with Gasteiger partial charge in [0, 0.05) is 32.7 Å². The fourth-order valence-corrected chi connectivity index (χ4v) is 1.43. The van der Waals surface area contributed by atoms with E-state index >= 15 is 0 Å². The predicted molar refractivity (Wildman–Crippen MR) is 42.6 cm³/mol. The fourth-order valence-electron chi connectivity index (χ4n) is 0.780.